The van der Waals surface area contributed by atoms with Crippen molar-refractivity contribution in [3.63, 3.8) is 0 Å². The molecule has 1 atom stereocenters. The first-order valence-corrected chi connectivity index (χ1v) is 12.1. The van der Waals surface area contributed by atoms with E-state index in [1.807, 2.05) is 66.9 Å². The third-order valence-electron chi connectivity index (χ3n) is 5.48. The van der Waals surface area contributed by atoms with E-state index in [1.165, 1.54) is 16.2 Å². The number of aromatic nitrogens is 1. The Labute approximate surface area is 198 Å². The van der Waals surface area contributed by atoms with Gasteiger partial charge in [0.1, 0.15) is 11.6 Å². The van der Waals surface area contributed by atoms with Gasteiger partial charge in [-0.2, -0.15) is 0 Å². The Morgan fingerprint density at radius 1 is 1.18 bits per heavy atom. The van der Waals surface area contributed by atoms with Gasteiger partial charge in [-0.3, -0.25) is 9.69 Å². The number of hydrogen-bond donors (Lipinski definition) is 1. The molecule has 0 saturated heterocycles. The highest BCUT2D eigenvalue weighted by molar-refractivity contribution is 7.22. The maximum absolute atomic E-state index is 13.3. The third kappa shape index (κ3) is 3.61. The molecule has 2 aromatic heterocycles. The van der Waals surface area contributed by atoms with E-state index in [1.54, 1.807) is 18.3 Å². The van der Waals surface area contributed by atoms with Gasteiger partial charge in [-0.1, -0.05) is 47.7 Å². The summed E-state index contributed by atoms with van der Waals surface area (Å²) in [6, 6.07) is 16.5. The van der Waals surface area contributed by atoms with Gasteiger partial charge in [-0.05, 0) is 54.1 Å². The number of aliphatic hydroxyl groups is 1. The average Bonchev–Trinajstić information content (AvgIpc) is 3.53. The lowest BCUT2D eigenvalue weighted by Gasteiger charge is -2.26. The Hall–Kier alpha value is -3.49. The Morgan fingerprint density at radius 3 is 2.76 bits per heavy atom. The van der Waals surface area contributed by atoms with Gasteiger partial charge < -0.3 is 9.84 Å². The van der Waals surface area contributed by atoms with Gasteiger partial charge in [0.2, 0.25) is 0 Å². The van der Waals surface area contributed by atoms with Crippen molar-refractivity contribution < 1.29 is 19.4 Å². The van der Waals surface area contributed by atoms with Crippen LogP contribution in [0.15, 0.2) is 71.3 Å². The molecule has 5 rings (SSSR count). The summed E-state index contributed by atoms with van der Waals surface area (Å²) in [5.74, 6) is -1.98. The lowest BCUT2D eigenvalue weighted by Crippen LogP contribution is -2.31. The van der Waals surface area contributed by atoms with Crippen LogP contribution in [-0.4, -0.2) is 28.6 Å². The molecular formula is C25H20N2O4S2. The number of aryl methyl sites for hydroxylation is 1. The second kappa shape index (κ2) is 8.46. The molecule has 1 N–H and O–H groups in total. The number of rotatable bonds is 5. The van der Waals surface area contributed by atoms with Crippen LogP contribution in [0.25, 0.3) is 20.7 Å². The standard InChI is InChI=1S/C25H20N2O4S2/c1-3-31-24(30)20-21(16-8-5-4-7-15(16)18-9-6-12-32-18)27(23(29)22(20)28)25-26-17-11-10-14(2)13-19(17)33-25/h4-13,21,28H,3H2,1-2H3. The number of thiazole rings is 1. The molecule has 33 heavy (non-hydrogen) atoms. The molecule has 1 amide bonds. The highest BCUT2D eigenvalue weighted by Gasteiger charge is 2.47. The van der Waals surface area contributed by atoms with Crippen LogP contribution >= 0.6 is 22.7 Å². The second-order valence-corrected chi connectivity index (χ2v) is 9.55. The predicted octanol–water partition coefficient (Wildman–Crippen LogP) is 5.80. The number of nitrogens with zero attached hydrogens (tertiary/aromatic N) is 2. The monoisotopic (exact) mass is 476 g/mol. The molecule has 166 valence electrons. The number of anilines is 1. The Bertz CT molecular complexity index is 1410. The normalized spacial score (nSPS) is 16.1. The number of aliphatic hydroxyl groups excluding tert-OH is 1. The third-order valence-corrected chi connectivity index (χ3v) is 7.40. The first-order chi connectivity index (χ1) is 16.0. The summed E-state index contributed by atoms with van der Waals surface area (Å²) in [6.45, 7) is 3.81. The van der Waals surface area contributed by atoms with Gasteiger partial charge in [0.25, 0.3) is 5.91 Å². The molecule has 0 saturated carbocycles. The zero-order chi connectivity index (χ0) is 23.1. The Balaban J connectivity index is 1.72. The number of fused-ring (bicyclic) bond motifs is 1. The van der Waals surface area contributed by atoms with Crippen molar-refractivity contribution in [2.75, 3.05) is 11.5 Å². The van der Waals surface area contributed by atoms with E-state index in [9.17, 15) is 14.7 Å². The van der Waals surface area contributed by atoms with Crippen molar-refractivity contribution in [2.24, 2.45) is 0 Å². The molecule has 1 aliphatic heterocycles. The summed E-state index contributed by atoms with van der Waals surface area (Å²) in [4.78, 5) is 33.3. The highest BCUT2D eigenvalue weighted by Crippen LogP contribution is 2.46. The molecule has 0 fully saturated rings. The molecule has 3 heterocycles. The SMILES string of the molecule is CCOC(=O)C1=C(O)C(=O)N(c2nc3ccc(C)cc3s2)C1c1ccccc1-c1cccs1. The van der Waals surface area contributed by atoms with Crippen molar-refractivity contribution in [2.45, 2.75) is 19.9 Å². The minimum Gasteiger partial charge on any atom is -0.503 e. The fourth-order valence-electron chi connectivity index (χ4n) is 4.03. The topological polar surface area (TPSA) is 79.7 Å². The number of hydrogen-bond acceptors (Lipinski definition) is 7. The maximum Gasteiger partial charge on any atom is 0.340 e. The van der Waals surface area contributed by atoms with E-state index in [0.29, 0.717) is 5.13 Å². The molecule has 6 nitrogen and oxygen atoms in total. The number of benzene rings is 2. The molecule has 4 aromatic rings. The van der Waals surface area contributed by atoms with Gasteiger partial charge in [0.15, 0.2) is 10.9 Å². The minimum atomic E-state index is -0.864. The van der Waals surface area contributed by atoms with Gasteiger partial charge >= 0.3 is 5.97 Å². The highest BCUT2D eigenvalue weighted by atomic mass is 32.1. The summed E-state index contributed by atoms with van der Waals surface area (Å²) in [5.41, 5.74) is 3.36. The van der Waals surface area contributed by atoms with Crippen molar-refractivity contribution in [1.29, 1.82) is 0 Å². The van der Waals surface area contributed by atoms with Gasteiger partial charge in [-0.25, -0.2) is 9.78 Å². The Kier molecular flexibility index (Phi) is 5.47. The first-order valence-electron chi connectivity index (χ1n) is 10.4. The molecule has 0 bridgehead atoms. The van der Waals surface area contributed by atoms with E-state index in [2.05, 4.69) is 4.98 Å². The molecule has 2 aromatic carbocycles. The fraction of sp³-hybridized carbons (Fsp3) is 0.160. The second-order valence-electron chi connectivity index (χ2n) is 7.59. The van der Waals surface area contributed by atoms with Crippen LogP contribution in [0.4, 0.5) is 5.13 Å². The Morgan fingerprint density at radius 2 is 2.00 bits per heavy atom. The molecule has 0 radical (unpaired) electrons. The lowest BCUT2D eigenvalue weighted by molar-refractivity contribution is -0.139. The van der Waals surface area contributed by atoms with Crippen LogP contribution in [0.2, 0.25) is 0 Å². The van der Waals surface area contributed by atoms with Crippen molar-refractivity contribution in [1.82, 2.24) is 4.98 Å². The van der Waals surface area contributed by atoms with Crippen LogP contribution in [0.3, 0.4) is 0 Å². The maximum atomic E-state index is 13.3. The first kappa shape index (κ1) is 21.4. The largest absolute Gasteiger partial charge is 0.503 e. The van der Waals surface area contributed by atoms with Gasteiger partial charge in [0.05, 0.1) is 16.8 Å². The number of amides is 1. The van der Waals surface area contributed by atoms with Gasteiger partial charge in [0, 0.05) is 4.88 Å². The summed E-state index contributed by atoms with van der Waals surface area (Å²) in [5, 5.41) is 13.2. The number of thiophene rings is 1. The average molecular weight is 477 g/mol. The van der Waals surface area contributed by atoms with Crippen LogP contribution in [0.5, 0.6) is 0 Å². The zero-order valence-electron chi connectivity index (χ0n) is 17.9. The van der Waals surface area contributed by atoms with Gasteiger partial charge in [-0.15, -0.1) is 11.3 Å². The fourth-order valence-corrected chi connectivity index (χ4v) is 5.89. The molecule has 1 aliphatic rings. The van der Waals surface area contributed by atoms with E-state index in [0.717, 1.165) is 31.8 Å². The quantitative estimate of drug-likeness (QED) is 0.369. The number of ether oxygens (including phenoxy) is 1. The molecular weight excluding hydrogens is 456 g/mol. The number of carbonyl (C=O) groups is 2. The smallest absolute Gasteiger partial charge is 0.340 e. The minimum absolute atomic E-state index is 0.0682. The molecule has 8 heteroatoms. The summed E-state index contributed by atoms with van der Waals surface area (Å²) in [6.07, 6.45) is 0. The number of carbonyl (C=O) groups excluding carboxylic acids is 2. The van der Waals surface area contributed by atoms with Crippen LogP contribution in [0.1, 0.15) is 24.1 Å². The lowest BCUT2D eigenvalue weighted by atomic mass is 9.94. The van der Waals surface area contributed by atoms with Crippen LogP contribution in [0, 0.1) is 6.92 Å². The summed E-state index contributed by atoms with van der Waals surface area (Å²) < 4.78 is 6.16. The van der Waals surface area contributed by atoms with E-state index in [-0.39, 0.29) is 12.2 Å². The molecule has 0 spiro atoms. The van der Waals surface area contributed by atoms with Crippen molar-refractivity contribution >= 4 is 49.9 Å². The van der Waals surface area contributed by atoms with Crippen molar-refractivity contribution in [3.8, 4) is 10.4 Å². The van der Waals surface area contributed by atoms with Crippen molar-refractivity contribution in [3.05, 3.63) is 82.4 Å². The van der Waals surface area contributed by atoms with E-state index >= 15 is 0 Å². The van der Waals surface area contributed by atoms with Crippen LogP contribution in [-0.2, 0) is 14.3 Å². The molecule has 0 aliphatic carbocycles. The van der Waals surface area contributed by atoms with E-state index < -0.39 is 23.7 Å². The predicted molar refractivity (Wildman–Crippen MR) is 131 cm³/mol. The number of esters is 1. The summed E-state index contributed by atoms with van der Waals surface area (Å²) >= 11 is 2.91. The zero-order valence-corrected chi connectivity index (χ0v) is 19.6. The summed E-state index contributed by atoms with van der Waals surface area (Å²) in [7, 11) is 0. The molecule has 1 unspecified atom stereocenters. The van der Waals surface area contributed by atoms with E-state index in [4.69, 9.17) is 4.74 Å². The van der Waals surface area contributed by atoms with Crippen LogP contribution < -0.4 is 4.90 Å².